The van der Waals surface area contributed by atoms with Gasteiger partial charge in [0.15, 0.2) is 0 Å². The maximum absolute atomic E-state index is 13.9. The van der Waals surface area contributed by atoms with Gasteiger partial charge < -0.3 is 10.1 Å². The fourth-order valence-electron chi connectivity index (χ4n) is 2.53. The molecule has 0 bridgehead atoms. The molecule has 1 aromatic carbocycles. The number of halogens is 2. The van der Waals surface area contributed by atoms with E-state index in [1.54, 1.807) is 12.1 Å². The van der Waals surface area contributed by atoms with Gasteiger partial charge in [0.2, 0.25) is 0 Å². The zero-order valence-electron chi connectivity index (χ0n) is 12.4. The minimum Gasteiger partial charge on any atom is -0.381 e. The van der Waals surface area contributed by atoms with Crippen molar-refractivity contribution in [2.45, 2.75) is 39.2 Å². The first kappa shape index (κ1) is 15.7. The second-order valence-electron chi connectivity index (χ2n) is 6.82. The molecule has 20 heavy (non-hydrogen) atoms. The first-order valence-corrected chi connectivity index (χ1v) is 7.44. The van der Waals surface area contributed by atoms with Crippen molar-refractivity contribution in [3.63, 3.8) is 0 Å². The average Bonchev–Trinajstić information content (AvgIpc) is 2.80. The van der Waals surface area contributed by atoms with Crippen LogP contribution in [0.4, 0.5) is 4.39 Å². The monoisotopic (exact) mass is 299 g/mol. The number of rotatable bonds is 4. The summed E-state index contributed by atoms with van der Waals surface area (Å²) >= 11 is 5.98. The van der Waals surface area contributed by atoms with Crippen LogP contribution in [0.15, 0.2) is 18.2 Å². The third kappa shape index (κ3) is 4.18. The Labute approximate surface area is 125 Å². The largest absolute Gasteiger partial charge is 0.381 e. The minimum absolute atomic E-state index is 0.0429. The maximum atomic E-state index is 13.9. The molecule has 1 heterocycles. The molecule has 0 aliphatic carbocycles. The molecule has 1 atom stereocenters. The van der Waals surface area contributed by atoms with Gasteiger partial charge in [-0.25, -0.2) is 4.39 Å². The zero-order valence-corrected chi connectivity index (χ0v) is 13.2. The highest BCUT2D eigenvalue weighted by molar-refractivity contribution is 6.30. The smallest absolute Gasteiger partial charge is 0.126 e. The minimum atomic E-state index is -0.184. The van der Waals surface area contributed by atoms with Crippen molar-refractivity contribution >= 4 is 11.6 Å². The van der Waals surface area contributed by atoms with Crippen LogP contribution in [-0.4, -0.2) is 25.3 Å². The second-order valence-corrected chi connectivity index (χ2v) is 7.26. The van der Waals surface area contributed by atoms with Crippen LogP contribution in [0.25, 0.3) is 0 Å². The number of nitrogens with one attached hydrogen (secondary N) is 1. The van der Waals surface area contributed by atoms with Crippen LogP contribution in [0.1, 0.15) is 32.8 Å². The molecule has 0 amide bonds. The van der Waals surface area contributed by atoms with E-state index in [1.165, 1.54) is 6.07 Å². The van der Waals surface area contributed by atoms with Gasteiger partial charge in [-0.05, 0) is 57.4 Å². The Balaban J connectivity index is 2.14. The molecule has 0 aromatic heterocycles. The van der Waals surface area contributed by atoms with Gasteiger partial charge in [0.1, 0.15) is 5.82 Å². The summed E-state index contributed by atoms with van der Waals surface area (Å²) in [5.74, 6) is -0.184. The summed E-state index contributed by atoms with van der Waals surface area (Å²) in [5.41, 5.74) is 0.681. The van der Waals surface area contributed by atoms with Crippen LogP contribution in [0, 0.1) is 11.2 Å². The number of ether oxygens (including phenoxy) is 1. The Bertz CT molecular complexity index is 464. The molecule has 1 aliphatic rings. The number of benzene rings is 1. The highest BCUT2D eigenvalue weighted by Gasteiger charge is 2.36. The molecule has 1 unspecified atom stereocenters. The Hall–Kier alpha value is -0.640. The van der Waals surface area contributed by atoms with Gasteiger partial charge in [-0.3, -0.25) is 0 Å². The summed E-state index contributed by atoms with van der Waals surface area (Å²) in [4.78, 5) is 0. The first-order chi connectivity index (χ1) is 9.30. The van der Waals surface area contributed by atoms with Crippen molar-refractivity contribution in [3.05, 3.63) is 34.6 Å². The molecule has 1 saturated heterocycles. The number of hydrogen-bond donors (Lipinski definition) is 1. The van der Waals surface area contributed by atoms with Crippen molar-refractivity contribution < 1.29 is 9.13 Å². The molecule has 112 valence electrons. The lowest BCUT2D eigenvalue weighted by Gasteiger charge is -2.32. The van der Waals surface area contributed by atoms with Crippen LogP contribution in [0.3, 0.4) is 0 Å². The fourth-order valence-corrected chi connectivity index (χ4v) is 2.72. The van der Waals surface area contributed by atoms with E-state index in [0.717, 1.165) is 19.6 Å². The van der Waals surface area contributed by atoms with E-state index in [0.29, 0.717) is 23.6 Å². The SMILES string of the molecule is CC(C)(C)NCC1(Cc2cc(Cl)ccc2F)CCOC1. The van der Waals surface area contributed by atoms with Crippen LogP contribution in [-0.2, 0) is 11.2 Å². The second kappa shape index (κ2) is 6.00. The topological polar surface area (TPSA) is 21.3 Å². The Morgan fingerprint density at radius 3 is 2.75 bits per heavy atom. The van der Waals surface area contributed by atoms with Gasteiger partial charge in [-0.1, -0.05) is 11.6 Å². The molecule has 4 heteroatoms. The van der Waals surface area contributed by atoms with Gasteiger partial charge in [0.05, 0.1) is 6.61 Å². The highest BCUT2D eigenvalue weighted by Crippen LogP contribution is 2.34. The summed E-state index contributed by atoms with van der Waals surface area (Å²) < 4.78 is 19.5. The molecular formula is C16H23ClFNO. The third-order valence-corrected chi connectivity index (χ3v) is 3.99. The quantitative estimate of drug-likeness (QED) is 0.912. The summed E-state index contributed by atoms with van der Waals surface area (Å²) in [7, 11) is 0. The maximum Gasteiger partial charge on any atom is 0.126 e. The summed E-state index contributed by atoms with van der Waals surface area (Å²) in [6, 6.07) is 4.76. The van der Waals surface area contributed by atoms with E-state index in [2.05, 4.69) is 26.1 Å². The fraction of sp³-hybridized carbons (Fsp3) is 0.625. The summed E-state index contributed by atoms with van der Waals surface area (Å²) in [5, 5.41) is 4.11. The Kier molecular flexibility index (Phi) is 4.73. The van der Waals surface area contributed by atoms with Crippen LogP contribution >= 0.6 is 11.6 Å². The molecule has 0 radical (unpaired) electrons. The lowest BCUT2D eigenvalue weighted by molar-refractivity contribution is 0.143. The van der Waals surface area contributed by atoms with Crippen molar-refractivity contribution in [1.82, 2.24) is 5.32 Å². The molecule has 0 spiro atoms. The Morgan fingerprint density at radius 2 is 2.15 bits per heavy atom. The highest BCUT2D eigenvalue weighted by atomic mass is 35.5. The van der Waals surface area contributed by atoms with Crippen LogP contribution in [0.2, 0.25) is 5.02 Å². The molecule has 2 rings (SSSR count). The van der Waals surface area contributed by atoms with Crippen molar-refractivity contribution in [1.29, 1.82) is 0 Å². The first-order valence-electron chi connectivity index (χ1n) is 7.06. The van der Waals surface area contributed by atoms with Crippen LogP contribution < -0.4 is 5.32 Å². The van der Waals surface area contributed by atoms with Gasteiger partial charge >= 0.3 is 0 Å². The Morgan fingerprint density at radius 1 is 1.40 bits per heavy atom. The van der Waals surface area contributed by atoms with Crippen molar-refractivity contribution in [2.24, 2.45) is 5.41 Å². The summed E-state index contributed by atoms with van der Waals surface area (Å²) in [6.45, 7) is 8.64. The third-order valence-electron chi connectivity index (χ3n) is 3.75. The molecule has 1 aromatic rings. The molecule has 1 aliphatic heterocycles. The van der Waals surface area contributed by atoms with E-state index < -0.39 is 0 Å². The van der Waals surface area contributed by atoms with E-state index in [9.17, 15) is 4.39 Å². The van der Waals surface area contributed by atoms with Gasteiger partial charge in [0.25, 0.3) is 0 Å². The van der Waals surface area contributed by atoms with Crippen molar-refractivity contribution in [3.8, 4) is 0 Å². The van der Waals surface area contributed by atoms with Gasteiger partial charge in [-0.2, -0.15) is 0 Å². The molecule has 0 saturated carbocycles. The summed E-state index contributed by atoms with van der Waals surface area (Å²) in [6.07, 6.45) is 1.60. The van der Waals surface area contributed by atoms with Gasteiger partial charge in [0, 0.05) is 29.1 Å². The average molecular weight is 300 g/mol. The van der Waals surface area contributed by atoms with E-state index >= 15 is 0 Å². The normalized spacial score (nSPS) is 23.2. The molecule has 1 N–H and O–H groups in total. The van der Waals surface area contributed by atoms with Crippen molar-refractivity contribution in [2.75, 3.05) is 19.8 Å². The van der Waals surface area contributed by atoms with Crippen LogP contribution in [0.5, 0.6) is 0 Å². The standard InChI is InChI=1S/C16H23ClFNO/c1-15(2,3)19-10-16(6-7-20-11-16)9-12-8-13(17)4-5-14(12)18/h4-5,8,19H,6-7,9-11H2,1-3H3. The van der Waals surface area contributed by atoms with E-state index in [4.69, 9.17) is 16.3 Å². The predicted molar refractivity (Wildman–Crippen MR) is 80.7 cm³/mol. The predicted octanol–water partition coefficient (Wildman–Crippen LogP) is 3.82. The van der Waals surface area contributed by atoms with E-state index in [-0.39, 0.29) is 16.8 Å². The lowest BCUT2D eigenvalue weighted by atomic mass is 9.80. The zero-order chi connectivity index (χ0) is 14.8. The molecule has 2 nitrogen and oxygen atoms in total. The molecular weight excluding hydrogens is 277 g/mol. The van der Waals surface area contributed by atoms with E-state index in [1.807, 2.05) is 0 Å². The van der Waals surface area contributed by atoms with Gasteiger partial charge in [-0.15, -0.1) is 0 Å². The lowest BCUT2D eigenvalue weighted by Crippen LogP contribution is -2.45. The number of hydrogen-bond acceptors (Lipinski definition) is 2. The molecule has 1 fully saturated rings.